The molecule has 2 aliphatic heterocycles. The van der Waals surface area contributed by atoms with Crippen LogP contribution in [0.4, 0.5) is 0 Å². The number of aryl methyl sites for hydroxylation is 1. The standard InChI is InChI=1S/C29H35N5O2/c35-28(26-10-15-31-23-32-26)34-16-12-29(13-17-34)11-4-3-8-25-7-1-2-9-27(25)36-19-18-33(22-29)21-24-6-5-14-30-20-24/h1-2,5-7,9-10,14-15,20,23H,3-4,8,11-13,16-19,21-22H2. The van der Waals surface area contributed by atoms with Crippen molar-refractivity contribution in [1.82, 2.24) is 24.8 Å². The van der Waals surface area contributed by atoms with Crippen LogP contribution < -0.4 is 4.74 Å². The van der Waals surface area contributed by atoms with Crippen molar-refractivity contribution in [2.75, 3.05) is 32.8 Å². The highest BCUT2D eigenvalue weighted by Gasteiger charge is 2.37. The third-order valence-electron chi connectivity index (χ3n) is 7.64. The highest BCUT2D eigenvalue weighted by molar-refractivity contribution is 5.92. The van der Waals surface area contributed by atoms with E-state index in [2.05, 4.69) is 50.2 Å². The minimum Gasteiger partial charge on any atom is -0.492 e. The van der Waals surface area contributed by atoms with Gasteiger partial charge in [0, 0.05) is 51.3 Å². The first-order chi connectivity index (χ1) is 17.7. The Hall–Kier alpha value is -3.32. The van der Waals surface area contributed by atoms with E-state index in [-0.39, 0.29) is 11.3 Å². The van der Waals surface area contributed by atoms with E-state index >= 15 is 0 Å². The maximum absolute atomic E-state index is 13.0. The highest BCUT2D eigenvalue weighted by Crippen LogP contribution is 2.39. The number of fused-ring (bicyclic) bond motifs is 1. The zero-order valence-corrected chi connectivity index (χ0v) is 20.9. The van der Waals surface area contributed by atoms with Crippen LogP contribution in [-0.2, 0) is 13.0 Å². The van der Waals surface area contributed by atoms with E-state index < -0.39 is 0 Å². The van der Waals surface area contributed by atoms with Crippen molar-refractivity contribution >= 4 is 5.91 Å². The Morgan fingerprint density at radius 2 is 1.83 bits per heavy atom. The van der Waals surface area contributed by atoms with Gasteiger partial charge in [0.15, 0.2) is 0 Å². The average Bonchev–Trinajstić information content (AvgIpc) is 2.92. The Morgan fingerprint density at radius 1 is 0.944 bits per heavy atom. The maximum Gasteiger partial charge on any atom is 0.272 e. The normalized spacial score (nSPS) is 18.9. The van der Waals surface area contributed by atoms with Crippen molar-refractivity contribution in [3.63, 3.8) is 0 Å². The number of ether oxygens (including phenoxy) is 1. The third kappa shape index (κ3) is 6.08. The molecule has 0 bridgehead atoms. The largest absolute Gasteiger partial charge is 0.492 e. The first-order valence-corrected chi connectivity index (χ1v) is 13.1. The zero-order valence-electron chi connectivity index (χ0n) is 20.9. The van der Waals surface area contributed by atoms with Gasteiger partial charge in [0.25, 0.3) is 5.91 Å². The second kappa shape index (κ2) is 11.6. The first kappa shape index (κ1) is 24.4. The highest BCUT2D eigenvalue weighted by atomic mass is 16.5. The summed E-state index contributed by atoms with van der Waals surface area (Å²) in [6.07, 6.45) is 13.4. The molecule has 0 N–H and O–H groups in total. The van der Waals surface area contributed by atoms with Crippen molar-refractivity contribution in [2.24, 2.45) is 5.41 Å². The van der Waals surface area contributed by atoms with Gasteiger partial charge < -0.3 is 9.64 Å². The summed E-state index contributed by atoms with van der Waals surface area (Å²) in [5, 5.41) is 0. The number of likely N-dealkylation sites (tertiary alicyclic amines) is 1. The van der Waals surface area contributed by atoms with Gasteiger partial charge in [0.1, 0.15) is 24.4 Å². The topological polar surface area (TPSA) is 71.5 Å². The van der Waals surface area contributed by atoms with Crippen molar-refractivity contribution in [2.45, 2.75) is 45.1 Å². The lowest BCUT2D eigenvalue weighted by atomic mass is 9.73. The SMILES string of the molecule is O=C(c1ccncn1)N1CCC2(CCCCc3ccccc3OCCN(Cc3cccnc3)C2)CC1. The van der Waals surface area contributed by atoms with Gasteiger partial charge >= 0.3 is 0 Å². The molecule has 5 rings (SSSR count). The zero-order chi connectivity index (χ0) is 24.6. The van der Waals surface area contributed by atoms with E-state index in [4.69, 9.17) is 4.74 Å². The van der Waals surface area contributed by atoms with Crippen LogP contribution in [0.5, 0.6) is 5.75 Å². The summed E-state index contributed by atoms with van der Waals surface area (Å²) >= 11 is 0. The molecule has 1 saturated heterocycles. The molecule has 36 heavy (non-hydrogen) atoms. The molecule has 3 aromatic rings. The summed E-state index contributed by atoms with van der Waals surface area (Å²) in [5.41, 5.74) is 3.19. The molecule has 188 valence electrons. The summed E-state index contributed by atoms with van der Waals surface area (Å²) in [5.74, 6) is 1.03. The summed E-state index contributed by atoms with van der Waals surface area (Å²) in [6, 6.07) is 14.3. The number of para-hydroxylation sites is 1. The number of rotatable bonds is 3. The van der Waals surface area contributed by atoms with Crippen molar-refractivity contribution in [3.05, 3.63) is 84.2 Å². The second-order valence-corrected chi connectivity index (χ2v) is 10.1. The van der Waals surface area contributed by atoms with Crippen molar-refractivity contribution in [1.29, 1.82) is 0 Å². The van der Waals surface area contributed by atoms with E-state index in [9.17, 15) is 4.79 Å². The molecule has 0 radical (unpaired) electrons. The molecule has 0 unspecified atom stereocenters. The second-order valence-electron chi connectivity index (χ2n) is 10.1. The first-order valence-electron chi connectivity index (χ1n) is 13.1. The van der Waals surface area contributed by atoms with Gasteiger partial charge in [-0.1, -0.05) is 30.7 Å². The van der Waals surface area contributed by atoms with Crippen LogP contribution in [-0.4, -0.2) is 63.4 Å². The van der Waals surface area contributed by atoms with E-state index in [1.807, 2.05) is 23.4 Å². The number of carbonyl (C=O) groups excluding carboxylic acids is 1. The Morgan fingerprint density at radius 3 is 2.64 bits per heavy atom. The third-order valence-corrected chi connectivity index (χ3v) is 7.64. The molecule has 1 amide bonds. The van der Waals surface area contributed by atoms with E-state index in [0.29, 0.717) is 12.3 Å². The number of aromatic nitrogens is 3. The molecule has 7 nitrogen and oxygen atoms in total. The minimum absolute atomic E-state index is 0.0117. The number of benzene rings is 1. The molecule has 4 heterocycles. The van der Waals surface area contributed by atoms with E-state index in [1.165, 1.54) is 30.3 Å². The van der Waals surface area contributed by atoms with Gasteiger partial charge in [-0.15, -0.1) is 0 Å². The van der Waals surface area contributed by atoms with Crippen LogP contribution in [0.1, 0.15) is 53.7 Å². The van der Waals surface area contributed by atoms with Gasteiger partial charge in [-0.3, -0.25) is 14.7 Å². The maximum atomic E-state index is 13.0. The Labute approximate surface area is 213 Å². The molecular formula is C29H35N5O2. The predicted molar refractivity (Wildman–Crippen MR) is 139 cm³/mol. The van der Waals surface area contributed by atoms with Gasteiger partial charge in [-0.25, -0.2) is 9.97 Å². The lowest BCUT2D eigenvalue weighted by Gasteiger charge is -2.45. The molecule has 7 heteroatoms. The molecule has 0 atom stereocenters. The van der Waals surface area contributed by atoms with Crippen molar-refractivity contribution in [3.8, 4) is 5.75 Å². The van der Waals surface area contributed by atoms with Crippen LogP contribution in [0.25, 0.3) is 0 Å². The minimum atomic E-state index is 0.0117. The van der Waals surface area contributed by atoms with E-state index in [0.717, 1.165) is 64.2 Å². The Bertz CT molecular complexity index is 1120. The van der Waals surface area contributed by atoms with Crippen LogP contribution in [0.2, 0.25) is 0 Å². The fourth-order valence-corrected chi connectivity index (χ4v) is 5.64. The number of carbonyl (C=O) groups is 1. The fourth-order valence-electron chi connectivity index (χ4n) is 5.64. The van der Waals surface area contributed by atoms with Crippen LogP contribution >= 0.6 is 0 Å². The van der Waals surface area contributed by atoms with Crippen LogP contribution in [0.15, 0.2) is 67.4 Å². The molecular weight excluding hydrogens is 450 g/mol. The lowest BCUT2D eigenvalue weighted by molar-refractivity contribution is 0.0357. The number of nitrogens with zero attached hydrogens (tertiary/aromatic N) is 5. The number of hydrogen-bond donors (Lipinski definition) is 0. The monoisotopic (exact) mass is 485 g/mol. The van der Waals surface area contributed by atoms with Gasteiger partial charge in [-0.2, -0.15) is 0 Å². The smallest absolute Gasteiger partial charge is 0.272 e. The molecule has 0 saturated carbocycles. The van der Waals surface area contributed by atoms with Gasteiger partial charge in [0.05, 0.1) is 0 Å². The number of piperidine rings is 1. The molecule has 1 spiro atoms. The quantitative estimate of drug-likeness (QED) is 0.548. The molecule has 1 fully saturated rings. The molecule has 2 aliphatic rings. The summed E-state index contributed by atoms with van der Waals surface area (Å²) in [7, 11) is 0. The van der Waals surface area contributed by atoms with Gasteiger partial charge in [0.2, 0.25) is 0 Å². The predicted octanol–water partition coefficient (Wildman–Crippen LogP) is 4.40. The number of pyridine rings is 1. The van der Waals surface area contributed by atoms with E-state index in [1.54, 1.807) is 12.3 Å². The fraction of sp³-hybridized carbons (Fsp3) is 0.448. The summed E-state index contributed by atoms with van der Waals surface area (Å²) < 4.78 is 6.28. The average molecular weight is 486 g/mol. The summed E-state index contributed by atoms with van der Waals surface area (Å²) in [4.78, 5) is 30.0. The van der Waals surface area contributed by atoms with Crippen molar-refractivity contribution < 1.29 is 9.53 Å². The molecule has 0 aliphatic carbocycles. The molecule has 1 aromatic carbocycles. The number of hydrogen-bond acceptors (Lipinski definition) is 6. The Balaban J connectivity index is 1.32. The van der Waals surface area contributed by atoms with Crippen LogP contribution in [0.3, 0.4) is 0 Å². The van der Waals surface area contributed by atoms with Crippen LogP contribution in [0, 0.1) is 5.41 Å². The lowest BCUT2D eigenvalue weighted by Crippen LogP contribution is -2.48. The summed E-state index contributed by atoms with van der Waals surface area (Å²) in [6.45, 7) is 4.90. The number of amides is 1. The Kier molecular flexibility index (Phi) is 7.86. The van der Waals surface area contributed by atoms with Gasteiger partial charge in [-0.05, 0) is 66.8 Å². The molecule has 2 aromatic heterocycles.